The third-order valence-electron chi connectivity index (χ3n) is 3.41. The minimum absolute atomic E-state index is 0.0921. The van der Waals surface area contributed by atoms with Crippen LogP contribution in [-0.2, 0) is 4.79 Å². The number of carbonyl (C=O) groups is 1. The molecule has 0 aromatic heterocycles. The van der Waals surface area contributed by atoms with Crippen LogP contribution in [-0.4, -0.2) is 30.1 Å². The Morgan fingerprint density at radius 1 is 1.22 bits per heavy atom. The Labute approximate surface area is 109 Å². The first-order chi connectivity index (χ1) is 8.36. The van der Waals surface area contributed by atoms with Gasteiger partial charge in [0.2, 0.25) is 0 Å². The molecule has 0 bridgehead atoms. The smallest absolute Gasteiger partial charge is 0.308 e. The lowest BCUT2D eigenvalue weighted by molar-refractivity contribution is -0.146. The molecule has 1 N–H and O–H groups in total. The van der Waals surface area contributed by atoms with Crippen molar-refractivity contribution in [1.29, 1.82) is 0 Å². The molecule has 100 valence electrons. The van der Waals surface area contributed by atoms with Gasteiger partial charge in [-0.3, -0.25) is 4.79 Å². The maximum absolute atomic E-state index is 11.5. The molecule has 0 amide bonds. The highest BCUT2D eigenvalue weighted by Gasteiger charge is 2.34. The van der Waals surface area contributed by atoms with Crippen molar-refractivity contribution < 1.29 is 9.90 Å². The van der Waals surface area contributed by atoms with Crippen LogP contribution in [0.2, 0.25) is 0 Å². The summed E-state index contributed by atoms with van der Waals surface area (Å²) >= 11 is 0. The summed E-state index contributed by atoms with van der Waals surface area (Å²) in [6.45, 7) is 5.96. The summed E-state index contributed by atoms with van der Waals surface area (Å²) in [5.74, 6) is -1.04. The predicted molar refractivity (Wildman–Crippen MR) is 73.6 cm³/mol. The first-order valence-corrected chi connectivity index (χ1v) is 6.31. The van der Waals surface area contributed by atoms with E-state index in [0.717, 1.165) is 11.1 Å². The molecule has 2 unspecified atom stereocenters. The highest BCUT2D eigenvalue weighted by molar-refractivity contribution is 5.71. The van der Waals surface area contributed by atoms with E-state index in [-0.39, 0.29) is 12.0 Å². The lowest BCUT2D eigenvalue weighted by Crippen LogP contribution is -2.35. The van der Waals surface area contributed by atoms with E-state index >= 15 is 0 Å². The lowest BCUT2D eigenvalue weighted by atomic mass is 9.82. The van der Waals surface area contributed by atoms with Gasteiger partial charge in [0.1, 0.15) is 0 Å². The molecule has 0 saturated heterocycles. The fraction of sp³-hybridized carbons (Fsp3) is 0.533. The Morgan fingerprint density at radius 3 is 2.17 bits per heavy atom. The Hall–Kier alpha value is -1.35. The number of hydrogen-bond acceptors (Lipinski definition) is 2. The average molecular weight is 249 g/mol. The number of aliphatic carboxylic acids is 1. The zero-order valence-corrected chi connectivity index (χ0v) is 11.8. The summed E-state index contributed by atoms with van der Waals surface area (Å²) in [7, 11) is 3.88. The first kappa shape index (κ1) is 14.7. The van der Waals surface area contributed by atoms with E-state index in [4.69, 9.17) is 0 Å². The SMILES string of the molecule is Cc1ccccc1C(C(C(=O)O)C(C)C)N(C)C. The highest BCUT2D eigenvalue weighted by atomic mass is 16.4. The van der Waals surface area contributed by atoms with Crippen molar-refractivity contribution >= 4 is 5.97 Å². The van der Waals surface area contributed by atoms with E-state index < -0.39 is 11.9 Å². The molecule has 18 heavy (non-hydrogen) atoms. The van der Waals surface area contributed by atoms with Crippen molar-refractivity contribution in [1.82, 2.24) is 4.90 Å². The van der Waals surface area contributed by atoms with Crippen LogP contribution in [0.4, 0.5) is 0 Å². The van der Waals surface area contributed by atoms with Gasteiger partial charge in [-0.1, -0.05) is 38.1 Å². The van der Waals surface area contributed by atoms with Crippen LogP contribution in [0.3, 0.4) is 0 Å². The van der Waals surface area contributed by atoms with Gasteiger partial charge in [0.15, 0.2) is 0 Å². The molecule has 0 saturated carbocycles. The van der Waals surface area contributed by atoms with Crippen LogP contribution in [0.5, 0.6) is 0 Å². The molecular weight excluding hydrogens is 226 g/mol. The van der Waals surface area contributed by atoms with Gasteiger partial charge in [-0.05, 0) is 38.1 Å². The van der Waals surface area contributed by atoms with Gasteiger partial charge in [0.25, 0.3) is 0 Å². The van der Waals surface area contributed by atoms with E-state index in [0.29, 0.717) is 0 Å². The summed E-state index contributed by atoms with van der Waals surface area (Å²) in [5, 5.41) is 9.49. The molecule has 0 aliphatic rings. The summed E-state index contributed by atoms with van der Waals surface area (Å²) in [4.78, 5) is 13.5. The van der Waals surface area contributed by atoms with Gasteiger partial charge in [-0.25, -0.2) is 0 Å². The molecule has 3 heteroatoms. The van der Waals surface area contributed by atoms with Crippen molar-refractivity contribution in [3.63, 3.8) is 0 Å². The van der Waals surface area contributed by atoms with E-state index in [2.05, 4.69) is 0 Å². The fourth-order valence-corrected chi connectivity index (χ4v) is 2.50. The number of nitrogens with zero attached hydrogens (tertiary/aromatic N) is 1. The van der Waals surface area contributed by atoms with Gasteiger partial charge in [0, 0.05) is 6.04 Å². The zero-order chi connectivity index (χ0) is 13.9. The van der Waals surface area contributed by atoms with Crippen molar-refractivity contribution in [3.8, 4) is 0 Å². The molecule has 1 rings (SSSR count). The van der Waals surface area contributed by atoms with E-state index in [1.54, 1.807) is 0 Å². The molecule has 0 radical (unpaired) electrons. The summed E-state index contributed by atoms with van der Waals surface area (Å²) in [5.41, 5.74) is 2.24. The summed E-state index contributed by atoms with van der Waals surface area (Å²) in [6.07, 6.45) is 0. The van der Waals surface area contributed by atoms with Crippen LogP contribution < -0.4 is 0 Å². The van der Waals surface area contributed by atoms with Crippen LogP contribution in [0.15, 0.2) is 24.3 Å². The second-order valence-electron chi connectivity index (χ2n) is 5.37. The van der Waals surface area contributed by atoms with Crippen LogP contribution in [0.1, 0.15) is 31.0 Å². The summed E-state index contributed by atoms with van der Waals surface area (Å²) < 4.78 is 0. The maximum Gasteiger partial charge on any atom is 0.308 e. The Balaban J connectivity index is 3.25. The second kappa shape index (κ2) is 6.01. The van der Waals surface area contributed by atoms with Crippen LogP contribution >= 0.6 is 0 Å². The molecule has 0 aliphatic heterocycles. The number of benzene rings is 1. The molecule has 1 aromatic carbocycles. The first-order valence-electron chi connectivity index (χ1n) is 6.31. The third-order valence-corrected chi connectivity index (χ3v) is 3.41. The minimum Gasteiger partial charge on any atom is -0.481 e. The molecule has 3 nitrogen and oxygen atoms in total. The highest BCUT2D eigenvalue weighted by Crippen LogP contribution is 2.33. The van der Waals surface area contributed by atoms with E-state index in [1.165, 1.54) is 0 Å². The third kappa shape index (κ3) is 3.10. The number of carboxylic acids is 1. The molecule has 0 heterocycles. The van der Waals surface area contributed by atoms with Crippen molar-refractivity contribution in [2.45, 2.75) is 26.8 Å². The summed E-state index contributed by atoms with van der Waals surface area (Å²) in [6, 6.07) is 7.92. The van der Waals surface area contributed by atoms with Crippen LogP contribution in [0.25, 0.3) is 0 Å². The van der Waals surface area contributed by atoms with Crippen LogP contribution in [0, 0.1) is 18.8 Å². The van der Waals surface area contributed by atoms with Gasteiger partial charge in [0.05, 0.1) is 5.92 Å². The standard InChI is InChI=1S/C15H23NO2/c1-10(2)13(15(17)18)14(16(4)5)12-9-7-6-8-11(12)3/h6-10,13-14H,1-5H3,(H,17,18). The molecule has 1 aromatic rings. The normalized spacial score (nSPS) is 14.8. The lowest BCUT2D eigenvalue weighted by Gasteiger charge is -2.33. The topological polar surface area (TPSA) is 40.5 Å². The van der Waals surface area contributed by atoms with Crippen molar-refractivity contribution in [3.05, 3.63) is 35.4 Å². The maximum atomic E-state index is 11.5. The van der Waals surface area contributed by atoms with Crippen molar-refractivity contribution in [2.75, 3.05) is 14.1 Å². The Morgan fingerprint density at radius 2 is 1.78 bits per heavy atom. The fourth-order valence-electron chi connectivity index (χ4n) is 2.50. The monoisotopic (exact) mass is 249 g/mol. The number of rotatable bonds is 5. The van der Waals surface area contributed by atoms with E-state index in [9.17, 15) is 9.90 Å². The van der Waals surface area contributed by atoms with Gasteiger partial charge < -0.3 is 10.0 Å². The predicted octanol–water partition coefficient (Wildman–Crippen LogP) is 2.95. The molecule has 0 aliphatic carbocycles. The minimum atomic E-state index is -0.730. The Kier molecular flexibility index (Phi) is 4.91. The Bertz CT molecular complexity index is 413. The van der Waals surface area contributed by atoms with Gasteiger partial charge in [-0.15, -0.1) is 0 Å². The number of carboxylic acid groups (broad SMARTS) is 1. The number of aryl methyl sites for hydroxylation is 1. The largest absolute Gasteiger partial charge is 0.481 e. The van der Waals surface area contributed by atoms with E-state index in [1.807, 2.05) is 64.0 Å². The average Bonchev–Trinajstić information content (AvgIpc) is 2.25. The molecule has 0 fully saturated rings. The van der Waals surface area contributed by atoms with Gasteiger partial charge in [-0.2, -0.15) is 0 Å². The molecular formula is C15H23NO2. The second-order valence-corrected chi connectivity index (χ2v) is 5.37. The quantitative estimate of drug-likeness (QED) is 0.872. The zero-order valence-electron chi connectivity index (χ0n) is 11.8. The van der Waals surface area contributed by atoms with Gasteiger partial charge >= 0.3 is 5.97 Å². The molecule has 2 atom stereocenters. The number of hydrogen-bond donors (Lipinski definition) is 1. The molecule has 0 spiro atoms. The van der Waals surface area contributed by atoms with Crippen molar-refractivity contribution in [2.24, 2.45) is 11.8 Å².